The summed E-state index contributed by atoms with van der Waals surface area (Å²) in [5.41, 5.74) is 1.74. The number of anilines is 1. The summed E-state index contributed by atoms with van der Waals surface area (Å²) in [6, 6.07) is 11.7. The van der Waals surface area contributed by atoms with Crippen molar-refractivity contribution in [3.8, 4) is 6.07 Å². The van der Waals surface area contributed by atoms with E-state index in [9.17, 15) is 0 Å². The molecule has 0 atom stereocenters. The molecule has 4 heteroatoms. The molecule has 0 spiro atoms. The number of nitriles is 1. The first-order valence-corrected chi connectivity index (χ1v) is 5.48. The van der Waals surface area contributed by atoms with Crippen LogP contribution >= 0.6 is 0 Å². The molecule has 0 N–H and O–H groups in total. The molecule has 4 nitrogen and oxygen atoms in total. The summed E-state index contributed by atoms with van der Waals surface area (Å²) in [5, 5.41) is 13.0. The van der Waals surface area contributed by atoms with Crippen LogP contribution in [0.15, 0.2) is 42.7 Å². The molecule has 1 heterocycles. The van der Waals surface area contributed by atoms with E-state index < -0.39 is 0 Å². The van der Waals surface area contributed by atoms with Crippen LogP contribution < -0.4 is 4.90 Å². The van der Waals surface area contributed by atoms with Gasteiger partial charge in [-0.2, -0.15) is 10.4 Å². The van der Waals surface area contributed by atoms with Crippen molar-refractivity contribution >= 4 is 5.69 Å². The zero-order valence-corrected chi connectivity index (χ0v) is 9.74. The molecule has 1 aromatic heterocycles. The van der Waals surface area contributed by atoms with Gasteiger partial charge in [-0.15, -0.1) is 0 Å². The Morgan fingerprint density at radius 2 is 2.29 bits per heavy atom. The molecule has 0 saturated heterocycles. The second-order valence-electron chi connectivity index (χ2n) is 3.85. The molecule has 0 saturated carbocycles. The number of hydrogen-bond donors (Lipinski definition) is 0. The van der Waals surface area contributed by atoms with Crippen LogP contribution in [0.25, 0.3) is 0 Å². The lowest BCUT2D eigenvalue weighted by Gasteiger charge is -2.19. The Labute approximate surface area is 101 Å². The Balaban J connectivity index is 1.99. The predicted octanol–water partition coefficient (Wildman–Crippen LogP) is 1.89. The van der Waals surface area contributed by atoms with Gasteiger partial charge in [0.2, 0.25) is 0 Å². The molecule has 1 aromatic carbocycles. The lowest BCUT2D eigenvalue weighted by molar-refractivity contribution is 0.611. The van der Waals surface area contributed by atoms with Gasteiger partial charge in [-0.1, -0.05) is 6.07 Å². The zero-order valence-electron chi connectivity index (χ0n) is 9.74. The quantitative estimate of drug-likeness (QED) is 0.799. The fourth-order valence-corrected chi connectivity index (χ4v) is 1.63. The first-order valence-electron chi connectivity index (χ1n) is 5.48. The molecule has 2 rings (SSSR count). The van der Waals surface area contributed by atoms with E-state index in [0.29, 0.717) is 5.56 Å². The lowest BCUT2D eigenvalue weighted by Crippen LogP contribution is -2.22. The molecule has 0 fully saturated rings. The number of aromatic nitrogens is 2. The van der Waals surface area contributed by atoms with E-state index >= 15 is 0 Å². The summed E-state index contributed by atoms with van der Waals surface area (Å²) in [6.45, 7) is 1.69. The van der Waals surface area contributed by atoms with Crippen LogP contribution in [0.5, 0.6) is 0 Å². The van der Waals surface area contributed by atoms with Gasteiger partial charge in [0.15, 0.2) is 0 Å². The van der Waals surface area contributed by atoms with E-state index in [1.807, 2.05) is 48.3 Å². The van der Waals surface area contributed by atoms with E-state index in [4.69, 9.17) is 5.26 Å². The van der Waals surface area contributed by atoms with Crippen LogP contribution in [0.2, 0.25) is 0 Å². The fraction of sp³-hybridized carbons (Fsp3) is 0.231. The second kappa shape index (κ2) is 5.17. The number of likely N-dealkylation sites (N-methyl/N-ethyl adjacent to an activating group) is 1. The van der Waals surface area contributed by atoms with Gasteiger partial charge in [-0.05, 0) is 24.3 Å². The molecular formula is C13H14N4. The maximum Gasteiger partial charge on any atom is 0.0992 e. The van der Waals surface area contributed by atoms with Gasteiger partial charge < -0.3 is 4.90 Å². The summed E-state index contributed by atoms with van der Waals surface area (Å²) in [7, 11) is 2.01. The minimum absolute atomic E-state index is 0.688. The van der Waals surface area contributed by atoms with Crippen molar-refractivity contribution in [1.29, 1.82) is 5.26 Å². The SMILES string of the molecule is CN(CCn1cccn1)c1cccc(C#N)c1. The molecule has 86 valence electrons. The van der Waals surface area contributed by atoms with Gasteiger partial charge in [0, 0.05) is 31.7 Å². The second-order valence-corrected chi connectivity index (χ2v) is 3.85. The van der Waals surface area contributed by atoms with Crippen molar-refractivity contribution in [3.63, 3.8) is 0 Å². The lowest BCUT2D eigenvalue weighted by atomic mass is 10.2. The maximum atomic E-state index is 8.84. The standard InChI is InChI=1S/C13H14N4/c1-16(8-9-17-7-3-6-15-17)13-5-2-4-12(10-13)11-14/h2-7,10H,8-9H2,1H3. The molecule has 0 unspecified atom stereocenters. The Bertz CT molecular complexity index is 510. The Morgan fingerprint density at radius 3 is 3.00 bits per heavy atom. The van der Waals surface area contributed by atoms with E-state index in [-0.39, 0.29) is 0 Å². The fourth-order valence-electron chi connectivity index (χ4n) is 1.63. The molecule has 0 aliphatic heterocycles. The highest BCUT2D eigenvalue weighted by atomic mass is 15.3. The minimum Gasteiger partial charge on any atom is -0.373 e. The van der Waals surface area contributed by atoms with Crippen LogP contribution in [0.4, 0.5) is 5.69 Å². The topological polar surface area (TPSA) is 44.9 Å². The minimum atomic E-state index is 0.688. The van der Waals surface area contributed by atoms with Crippen LogP contribution in [0.1, 0.15) is 5.56 Å². The third-order valence-electron chi connectivity index (χ3n) is 2.64. The van der Waals surface area contributed by atoms with Gasteiger partial charge in [0.05, 0.1) is 18.2 Å². The van der Waals surface area contributed by atoms with Crippen molar-refractivity contribution in [2.24, 2.45) is 0 Å². The average Bonchev–Trinajstić information content (AvgIpc) is 2.89. The van der Waals surface area contributed by atoms with Gasteiger partial charge >= 0.3 is 0 Å². The normalized spacial score (nSPS) is 9.88. The van der Waals surface area contributed by atoms with Crippen molar-refractivity contribution < 1.29 is 0 Å². The van der Waals surface area contributed by atoms with Crippen molar-refractivity contribution in [2.75, 3.05) is 18.5 Å². The zero-order chi connectivity index (χ0) is 12.1. The smallest absolute Gasteiger partial charge is 0.0992 e. The molecule has 0 aliphatic carbocycles. The number of rotatable bonds is 4. The summed E-state index contributed by atoms with van der Waals surface area (Å²) in [6.07, 6.45) is 3.72. The molecule has 0 radical (unpaired) electrons. The monoisotopic (exact) mass is 226 g/mol. The van der Waals surface area contributed by atoms with E-state index in [1.54, 1.807) is 6.20 Å². The Morgan fingerprint density at radius 1 is 1.41 bits per heavy atom. The van der Waals surface area contributed by atoms with E-state index in [0.717, 1.165) is 18.8 Å². The molecular weight excluding hydrogens is 212 g/mol. The van der Waals surface area contributed by atoms with Gasteiger partial charge in [0.25, 0.3) is 0 Å². The average molecular weight is 226 g/mol. The first kappa shape index (κ1) is 11.2. The summed E-state index contributed by atoms with van der Waals surface area (Å²) in [4.78, 5) is 2.11. The Hall–Kier alpha value is -2.28. The van der Waals surface area contributed by atoms with Crippen LogP contribution in [0, 0.1) is 11.3 Å². The summed E-state index contributed by atoms with van der Waals surface area (Å²) in [5.74, 6) is 0. The van der Waals surface area contributed by atoms with Crippen molar-refractivity contribution in [2.45, 2.75) is 6.54 Å². The molecule has 2 aromatic rings. The summed E-state index contributed by atoms with van der Waals surface area (Å²) < 4.78 is 1.89. The van der Waals surface area contributed by atoms with Crippen molar-refractivity contribution in [1.82, 2.24) is 9.78 Å². The summed E-state index contributed by atoms with van der Waals surface area (Å²) >= 11 is 0. The van der Waals surface area contributed by atoms with Gasteiger partial charge in [-0.25, -0.2) is 0 Å². The highest BCUT2D eigenvalue weighted by molar-refractivity contribution is 5.50. The maximum absolute atomic E-state index is 8.84. The van der Waals surface area contributed by atoms with Crippen LogP contribution in [-0.4, -0.2) is 23.4 Å². The number of nitrogens with zero attached hydrogens (tertiary/aromatic N) is 4. The van der Waals surface area contributed by atoms with Crippen LogP contribution in [-0.2, 0) is 6.54 Å². The Kier molecular flexibility index (Phi) is 3.41. The predicted molar refractivity (Wildman–Crippen MR) is 66.7 cm³/mol. The molecule has 17 heavy (non-hydrogen) atoms. The number of benzene rings is 1. The van der Waals surface area contributed by atoms with Crippen LogP contribution in [0.3, 0.4) is 0 Å². The third kappa shape index (κ3) is 2.85. The van der Waals surface area contributed by atoms with Gasteiger partial charge in [0.1, 0.15) is 0 Å². The highest BCUT2D eigenvalue weighted by Gasteiger charge is 2.02. The van der Waals surface area contributed by atoms with E-state index in [2.05, 4.69) is 16.1 Å². The third-order valence-corrected chi connectivity index (χ3v) is 2.64. The molecule has 0 amide bonds. The number of hydrogen-bond acceptors (Lipinski definition) is 3. The highest BCUT2D eigenvalue weighted by Crippen LogP contribution is 2.13. The van der Waals surface area contributed by atoms with E-state index in [1.165, 1.54) is 0 Å². The first-order chi connectivity index (χ1) is 8.29. The largest absolute Gasteiger partial charge is 0.373 e. The molecule has 0 bridgehead atoms. The molecule has 0 aliphatic rings. The van der Waals surface area contributed by atoms with Gasteiger partial charge in [-0.3, -0.25) is 4.68 Å². The van der Waals surface area contributed by atoms with Crippen molar-refractivity contribution in [3.05, 3.63) is 48.3 Å².